The van der Waals surface area contributed by atoms with Crippen LogP contribution in [0.1, 0.15) is 54.9 Å². The molecule has 130 valence electrons. The molecule has 1 aromatic carbocycles. The van der Waals surface area contributed by atoms with E-state index in [2.05, 4.69) is 6.92 Å². The normalized spacial score (nSPS) is 17.0. The van der Waals surface area contributed by atoms with Crippen LogP contribution in [0.4, 0.5) is 0 Å². The van der Waals surface area contributed by atoms with Gasteiger partial charge in [0.15, 0.2) is 5.78 Å². The number of hydrogen-bond acceptors (Lipinski definition) is 3. The van der Waals surface area contributed by atoms with Crippen LogP contribution in [0, 0.1) is 5.92 Å². The van der Waals surface area contributed by atoms with Gasteiger partial charge in [-0.05, 0) is 24.8 Å². The van der Waals surface area contributed by atoms with E-state index >= 15 is 0 Å². The number of carbonyl (C=O) groups is 3. The molecule has 1 unspecified atom stereocenters. The zero-order chi connectivity index (χ0) is 17.5. The number of aliphatic carboxylic acids is 1. The molecule has 1 aliphatic rings. The van der Waals surface area contributed by atoms with Crippen LogP contribution in [0.3, 0.4) is 0 Å². The predicted molar refractivity (Wildman–Crippen MR) is 90.9 cm³/mol. The summed E-state index contributed by atoms with van der Waals surface area (Å²) in [7, 11) is 0. The van der Waals surface area contributed by atoms with Crippen molar-refractivity contribution in [1.29, 1.82) is 0 Å². The number of nitrogens with zero attached hydrogens (tertiary/aromatic N) is 1. The number of Topliss-reactive ketones (excluding diaryl/α,β-unsaturated/α-hetero) is 1. The molecule has 24 heavy (non-hydrogen) atoms. The van der Waals surface area contributed by atoms with Gasteiger partial charge in [-0.1, -0.05) is 37.6 Å². The zero-order valence-corrected chi connectivity index (χ0v) is 14.2. The Kier molecular flexibility index (Phi) is 6.53. The molecule has 0 aromatic heterocycles. The van der Waals surface area contributed by atoms with E-state index in [1.807, 2.05) is 24.3 Å². The highest BCUT2D eigenvalue weighted by atomic mass is 16.4. The Balaban J connectivity index is 1.80. The average Bonchev–Trinajstić information content (AvgIpc) is 3.08. The van der Waals surface area contributed by atoms with Crippen LogP contribution in [0.5, 0.6) is 0 Å². The highest BCUT2D eigenvalue weighted by molar-refractivity contribution is 5.98. The number of carbonyl (C=O) groups excluding carboxylic acids is 2. The SMILES string of the molecule is CCCCc1ccc(C(=O)CCC(=O)N2CCC(C(=O)O)C2)cc1. The lowest BCUT2D eigenvalue weighted by Crippen LogP contribution is -2.30. The largest absolute Gasteiger partial charge is 0.481 e. The Morgan fingerprint density at radius 3 is 2.46 bits per heavy atom. The van der Waals surface area contributed by atoms with E-state index in [0.717, 1.165) is 19.3 Å². The first-order valence-corrected chi connectivity index (χ1v) is 8.64. The fourth-order valence-electron chi connectivity index (χ4n) is 2.95. The number of amides is 1. The van der Waals surface area contributed by atoms with E-state index in [1.165, 1.54) is 5.56 Å². The van der Waals surface area contributed by atoms with Gasteiger partial charge in [0, 0.05) is 31.5 Å². The first kappa shape index (κ1) is 18.2. The van der Waals surface area contributed by atoms with Gasteiger partial charge in [0.2, 0.25) is 5.91 Å². The molecule has 1 atom stereocenters. The molecule has 0 aliphatic carbocycles. The fourth-order valence-corrected chi connectivity index (χ4v) is 2.95. The Morgan fingerprint density at radius 2 is 1.88 bits per heavy atom. The summed E-state index contributed by atoms with van der Waals surface area (Å²) in [4.78, 5) is 36.8. The minimum atomic E-state index is -0.857. The van der Waals surface area contributed by atoms with Crippen LogP contribution in [-0.4, -0.2) is 40.8 Å². The second kappa shape index (κ2) is 8.62. The van der Waals surface area contributed by atoms with E-state index in [1.54, 1.807) is 4.90 Å². The van der Waals surface area contributed by atoms with Gasteiger partial charge in [0.05, 0.1) is 5.92 Å². The summed E-state index contributed by atoms with van der Waals surface area (Å²) in [6.45, 7) is 2.87. The van der Waals surface area contributed by atoms with Crippen LogP contribution in [0.15, 0.2) is 24.3 Å². The lowest BCUT2D eigenvalue weighted by atomic mass is 10.0. The molecule has 1 aliphatic heterocycles. The summed E-state index contributed by atoms with van der Waals surface area (Å²) < 4.78 is 0. The highest BCUT2D eigenvalue weighted by Crippen LogP contribution is 2.18. The minimum Gasteiger partial charge on any atom is -0.481 e. The number of hydrogen-bond donors (Lipinski definition) is 1. The molecular formula is C19H25NO4. The molecule has 0 bridgehead atoms. The number of carboxylic acids is 1. The summed E-state index contributed by atoms with van der Waals surface area (Å²) in [5.74, 6) is -1.50. The number of carboxylic acid groups (broad SMARTS) is 1. The van der Waals surface area contributed by atoms with Crippen LogP contribution in [0.25, 0.3) is 0 Å². The van der Waals surface area contributed by atoms with Crippen LogP contribution in [0.2, 0.25) is 0 Å². The molecule has 0 spiro atoms. The Bertz CT molecular complexity index is 594. The fraction of sp³-hybridized carbons (Fsp3) is 0.526. The predicted octanol–water partition coefficient (Wildman–Crippen LogP) is 2.93. The molecule has 1 N–H and O–H groups in total. The summed E-state index contributed by atoms with van der Waals surface area (Å²) in [6, 6.07) is 7.60. The van der Waals surface area contributed by atoms with Crippen LogP contribution < -0.4 is 0 Å². The quantitative estimate of drug-likeness (QED) is 0.743. The molecular weight excluding hydrogens is 306 g/mol. The smallest absolute Gasteiger partial charge is 0.308 e. The Morgan fingerprint density at radius 1 is 1.17 bits per heavy atom. The first-order valence-electron chi connectivity index (χ1n) is 8.64. The van der Waals surface area contributed by atoms with Crippen molar-refractivity contribution in [2.75, 3.05) is 13.1 Å². The molecule has 5 nitrogen and oxygen atoms in total. The van der Waals surface area contributed by atoms with Crippen molar-refractivity contribution in [1.82, 2.24) is 4.90 Å². The summed E-state index contributed by atoms with van der Waals surface area (Å²) in [5, 5.41) is 8.96. The number of unbranched alkanes of at least 4 members (excludes halogenated alkanes) is 1. The van der Waals surface area contributed by atoms with E-state index < -0.39 is 11.9 Å². The third-order valence-corrected chi connectivity index (χ3v) is 4.55. The second-order valence-corrected chi connectivity index (χ2v) is 6.39. The van der Waals surface area contributed by atoms with E-state index in [9.17, 15) is 14.4 Å². The van der Waals surface area contributed by atoms with Crippen molar-refractivity contribution in [3.8, 4) is 0 Å². The minimum absolute atomic E-state index is 0.0422. The lowest BCUT2D eigenvalue weighted by Gasteiger charge is -2.15. The summed E-state index contributed by atoms with van der Waals surface area (Å²) >= 11 is 0. The third kappa shape index (κ3) is 4.91. The van der Waals surface area contributed by atoms with Gasteiger partial charge in [-0.3, -0.25) is 14.4 Å². The van der Waals surface area contributed by atoms with E-state index in [4.69, 9.17) is 5.11 Å². The van der Waals surface area contributed by atoms with Gasteiger partial charge in [0.1, 0.15) is 0 Å². The molecule has 1 aromatic rings. The van der Waals surface area contributed by atoms with Crippen molar-refractivity contribution in [3.63, 3.8) is 0 Å². The van der Waals surface area contributed by atoms with Gasteiger partial charge in [-0.25, -0.2) is 0 Å². The van der Waals surface area contributed by atoms with Crippen molar-refractivity contribution in [2.24, 2.45) is 5.92 Å². The second-order valence-electron chi connectivity index (χ2n) is 6.39. The molecule has 0 saturated carbocycles. The van der Waals surface area contributed by atoms with E-state index in [0.29, 0.717) is 18.5 Å². The van der Waals surface area contributed by atoms with Gasteiger partial charge < -0.3 is 10.0 Å². The summed E-state index contributed by atoms with van der Waals surface area (Å²) in [6.07, 6.45) is 4.10. The number of likely N-dealkylation sites (tertiary alicyclic amines) is 1. The zero-order valence-electron chi connectivity index (χ0n) is 14.2. The number of aryl methyl sites for hydroxylation is 1. The summed E-state index contributed by atoms with van der Waals surface area (Å²) in [5.41, 5.74) is 1.86. The third-order valence-electron chi connectivity index (χ3n) is 4.55. The molecule has 1 saturated heterocycles. The van der Waals surface area contributed by atoms with Crippen LogP contribution in [-0.2, 0) is 16.0 Å². The van der Waals surface area contributed by atoms with Gasteiger partial charge in [-0.15, -0.1) is 0 Å². The van der Waals surface area contributed by atoms with Crippen molar-refractivity contribution < 1.29 is 19.5 Å². The molecule has 0 radical (unpaired) electrons. The molecule has 5 heteroatoms. The lowest BCUT2D eigenvalue weighted by molar-refractivity contribution is -0.141. The van der Waals surface area contributed by atoms with Crippen molar-refractivity contribution in [2.45, 2.75) is 45.4 Å². The topological polar surface area (TPSA) is 74.7 Å². The number of ketones is 1. The maximum Gasteiger partial charge on any atom is 0.308 e. The molecule has 1 fully saturated rings. The van der Waals surface area contributed by atoms with Gasteiger partial charge in [0.25, 0.3) is 0 Å². The average molecular weight is 331 g/mol. The number of rotatable bonds is 8. The van der Waals surface area contributed by atoms with Crippen LogP contribution >= 0.6 is 0 Å². The monoisotopic (exact) mass is 331 g/mol. The maximum absolute atomic E-state index is 12.2. The molecule has 1 amide bonds. The van der Waals surface area contributed by atoms with Crippen molar-refractivity contribution >= 4 is 17.7 Å². The molecule has 1 heterocycles. The van der Waals surface area contributed by atoms with Gasteiger partial charge >= 0.3 is 5.97 Å². The maximum atomic E-state index is 12.2. The molecule has 2 rings (SSSR count). The Labute approximate surface area is 142 Å². The van der Waals surface area contributed by atoms with E-state index in [-0.39, 0.29) is 31.1 Å². The Hall–Kier alpha value is -2.17. The van der Waals surface area contributed by atoms with Crippen molar-refractivity contribution in [3.05, 3.63) is 35.4 Å². The first-order chi connectivity index (χ1) is 11.5. The van der Waals surface area contributed by atoms with Gasteiger partial charge in [-0.2, -0.15) is 0 Å². The standard InChI is InChI=1S/C19H25NO4/c1-2-3-4-14-5-7-15(8-6-14)17(21)9-10-18(22)20-12-11-16(13-20)19(23)24/h5-8,16H,2-4,9-13H2,1H3,(H,23,24). The highest BCUT2D eigenvalue weighted by Gasteiger charge is 2.30. The number of benzene rings is 1.